The Morgan fingerprint density at radius 1 is 1.50 bits per heavy atom. The van der Waals surface area contributed by atoms with Crippen LogP contribution in [-0.2, 0) is 13.0 Å². The quantitative estimate of drug-likeness (QED) is 0.775. The monoisotopic (exact) mass is 194 g/mol. The highest BCUT2D eigenvalue weighted by Gasteiger charge is 2.15. The van der Waals surface area contributed by atoms with E-state index in [4.69, 9.17) is 0 Å². The van der Waals surface area contributed by atoms with Gasteiger partial charge in [0.15, 0.2) is 0 Å². The number of hydrogen-bond acceptors (Lipinski definition) is 3. The number of aryl methyl sites for hydroxylation is 1. The van der Waals surface area contributed by atoms with Crippen LogP contribution in [0.3, 0.4) is 0 Å². The van der Waals surface area contributed by atoms with Crippen molar-refractivity contribution in [1.82, 2.24) is 20.3 Å². The van der Waals surface area contributed by atoms with Gasteiger partial charge in [0, 0.05) is 6.54 Å². The lowest BCUT2D eigenvalue weighted by Gasteiger charge is -2.22. The first-order chi connectivity index (χ1) is 6.90. The summed E-state index contributed by atoms with van der Waals surface area (Å²) in [6.07, 6.45) is 5.62. The van der Waals surface area contributed by atoms with Crippen molar-refractivity contribution in [2.75, 3.05) is 13.1 Å². The summed E-state index contributed by atoms with van der Waals surface area (Å²) in [5.74, 6) is 0.819. The molecule has 0 spiro atoms. The molecule has 0 unspecified atom stereocenters. The van der Waals surface area contributed by atoms with Gasteiger partial charge in [-0.15, -0.1) is 5.10 Å². The number of hydrogen-bond donors (Lipinski definition) is 1. The highest BCUT2D eigenvalue weighted by atomic mass is 15.4. The summed E-state index contributed by atoms with van der Waals surface area (Å²) in [4.78, 5) is 0. The van der Waals surface area contributed by atoms with Gasteiger partial charge in [-0.25, -0.2) is 4.68 Å². The number of nitrogens with one attached hydrogen (secondary N) is 1. The minimum atomic E-state index is 0.819. The lowest BCUT2D eigenvalue weighted by atomic mass is 9.93. The van der Waals surface area contributed by atoms with Gasteiger partial charge >= 0.3 is 0 Å². The molecule has 0 radical (unpaired) electrons. The van der Waals surface area contributed by atoms with Crippen LogP contribution in [0.5, 0.6) is 0 Å². The zero-order chi connectivity index (χ0) is 9.80. The third-order valence-corrected chi connectivity index (χ3v) is 2.95. The molecule has 0 amide bonds. The number of nitrogens with zero attached hydrogens (tertiary/aromatic N) is 3. The third kappa shape index (κ3) is 2.12. The minimum absolute atomic E-state index is 0.819. The summed E-state index contributed by atoms with van der Waals surface area (Å²) in [7, 11) is 0. The van der Waals surface area contributed by atoms with Crippen molar-refractivity contribution >= 4 is 0 Å². The largest absolute Gasteiger partial charge is 0.317 e. The Morgan fingerprint density at radius 2 is 2.29 bits per heavy atom. The van der Waals surface area contributed by atoms with Crippen molar-refractivity contribution in [1.29, 1.82) is 0 Å². The SMILES string of the molecule is CCn1nncc1CC1CCNCC1. The van der Waals surface area contributed by atoms with Crippen LogP contribution in [0, 0.1) is 5.92 Å². The highest BCUT2D eigenvalue weighted by Crippen LogP contribution is 2.17. The van der Waals surface area contributed by atoms with Crippen molar-refractivity contribution in [2.45, 2.75) is 32.7 Å². The molecule has 0 atom stereocenters. The zero-order valence-electron chi connectivity index (χ0n) is 8.74. The van der Waals surface area contributed by atoms with E-state index in [1.807, 2.05) is 10.9 Å². The predicted molar refractivity (Wildman–Crippen MR) is 55.0 cm³/mol. The molecule has 4 nitrogen and oxygen atoms in total. The van der Waals surface area contributed by atoms with E-state index in [0.717, 1.165) is 18.9 Å². The van der Waals surface area contributed by atoms with Crippen molar-refractivity contribution in [3.05, 3.63) is 11.9 Å². The summed E-state index contributed by atoms with van der Waals surface area (Å²) in [6.45, 7) is 5.37. The van der Waals surface area contributed by atoms with Crippen LogP contribution in [0.1, 0.15) is 25.5 Å². The van der Waals surface area contributed by atoms with Crippen molar-refractivity contribution in [3.63, 3.8) is 0 Å². The van der Waals surface area contributed by atoms with E-state index in [0.29, 0.717) is 0 Å². The molecule has 78 valence electrons. The second kappa shape index (κ2) is 4.55. The van der Waals surface area contributed by atoms with Gasteiger partial charge < -0.3 is 5.32 Å². The van der Waals surface area contributed by atoms with Gasteiger partial charge in [-0.3, -0.25) is 0 Å². The van der Waals surface area contributed by atoms with Gasteiger partial charge in [-0.2, -0.15) is 0 Å². The normalized spacial score (nSPS) is 18.6. The summed E-state index contributed by atoms with van der Waals surface area (Å²) < 4.78 is 2.00. The highest BCUT2D eigenvalue weighted by molar-refractivity contribution is 4.96. The molecule has 1 aromatic rings. The first-order valence-corrected chi connectivity index (χ1v) is 5.48. The first kappa shape index (κ1) is 9.65. The summed E-state index contributed by atoms with van der Waals surface area (Å²) in [6, 6.07) is 0. The number of aromatic nitrogens is 3. The molecule has 1 N–H and O–H groups in total. The second-order valence-electron chi connectivity index (χ2n) is 3.94. The molecule has 1 aliphatic heterocycles. The van der Waals surface area contributed by atoms with E-state index in [1.54, 1.807) is 0 Å². The molecule has 4 heteroatoms. The lowest BCUT2D eigenvalue weighted by Crippen LogP contribution is -2.29. The van der Waals surface area contributed by atoms with Crippen molar-refractivity contribution in [3.8, 4) is 0 Å². The van der Waals surface area contributed by atoms with Crippen molar-refractivity contribution in [2.24, 2.45) is 5.92 Å². The molecule has 14 heavy (non-hydrogen) atoms. The maximum Gasteiger partial charge on any atom is 0.0725 e. The fourth-order valence-electron chi connectivity index (χ4n) is 2.08. The topological polar surface area (TPSA) is 42.7 Å². The lowest BCUT2D eigenvalue weighted by molar-refractivity contribution is 0.364. The van der Waals surface area contributed by atoms with Crippen LogP contribution in [0.25, 0.3) is 0 Å². The smallest absolute Gasteiger partial charge is 0.0725 e. The Balaban J connectivity index is 1.95. The van der Waals surface area contributed by atoms with Crippen LogP contribution in [0.2, 0.25) is 0 Å². The zero-order valence-corrected chi connectivity index (χ0v) is 8.74. The third-order valence-electron chi connectivity index (χ3n) is 2.95. The minimum Gasteiger partial charge on any atom is -0.317 e. The average molecular weight is 194 g/mol. The predicted octanol–water partition coefficient (Wildman–Crippen LogP) is 0.840. The first-order valence-electron chi connectivity index (χ1n) is 5.48. The summed E-state index contributed by atoms with van der Waals surface area (Å²) in [5.41, 5.74) is 1.29. The molecule has 0 aliphatic carbocycles. The second-order valence-corrected chi connectivity index (χ2v) is 3.94. The Morgan fingerprint density at radius 3 is 3.00 bits per heavy atom. The fourth-order valence-corrected chi connectivity index (χ4v) is 2.08. The molecule has 1 fully saturated rings. The van der Waals surface area contributed by atoms with Gasteiger partial charge in [-0.05, 0) is 45.2 Å². The van der Waals surface area contributed by atoms with E-state index < -0.39 is 0 Å². The molecule has 1 saturated heterocycles. The van der Waals surface area contributed by atoms with Gasteiger partial charge in [-0.1, -0.05) is 5.21 Å². The van der Waals surface area contributed by atoms with Gasteiger partial charge in [0.25, 0.3) is 0 Å². The molecular weight excluding hydrogens is 176 g/mol. The standard InChI is InChI=1S/C10H18N4/c1-2-14-10(8-12-13-14)7-9-3-5-11-6-4-9/h8-9,11H,2-7H2,1H3. The van der Waals surface area contributed by atoms with E-state index in [9.17, 15) is 0 Å². The molecule has 0 saturated carbocycles. The molecule has 2 rings (SSSR count). The Hall–Kier alpha value is -0.900. The summed E-state index contributed by atoms with van der Waals surface area (Å²) in [5, 5.41) is 11.4. The number of piperidine rings is 1. The molecule has 1 aliphatic rings. The maximum atomic E-state index is 4.05. The Kier molecular flexibility index (Phi) is 3.14. The molecule has 0 bridgehead atoms. The fraction of sp³-hybridized carbons (Fsp3) is 0.800. The van der Waals surface area contributed by atoms with E-state index in [-0.39, 0.29) is 0 Å². The Labute approximate surface area is 84.7 Å². The average Bonchev–Trinajstić information content (AvgIpc) is 2.67. The van der Waals surface area contributed by atoms with Gasteiger partial charge in [0.2, 0.25) is 0 Å². The van der Waals surface area contributed by atoms with Gasteiger partial charge in [0.05, 0.1) is 11.9 Å². The van der Waals surface area contributed by atoms with E-state index in [2.05, 4.69) is 22.6 Å². The summed E-state index contributed by atoms with van der Waals surface area (Å²) >= 11 is 0. The maximum absolute atomic E-state index is 4.05. The molecular formula is C10H18N4. The Bertz CT molecular complexity index is 275. The van der Waals surface area contributed by atoms with E-state index in [1.165, 1.54) is 31.6 Å². The van der Waals surface area contributed by atoms with Gasteiger partial charge in [0.1, 0.15) is 0 Å². The van der Waals surface area contributed by atoms with Crippen LogP contribution in [0.4, 0.5) is 0 Å². The van der Waals surface area contributed by atoms with Crippen molar-refractivity contribution < 1.29 is 0 Å². The van der Waals surface area contributed by atoms with Crippen LogP contribution >= 0.6 is 0 Å². The van der Waals surface area contributed by atoms with Crippen LogP contribution in [0.15, 0.2) is 6.20 Å². The van der Waals surface area contributed by atoms with Crippen LogP contribution < -0.4 is 5.32 Å². The van der Waals surface area contributed by atoms with E-state index >= 15 is 0 Å². The molecule has 2 heterocycles. The number of rotatable bonds is 3. The van der Waals surface area contributed by atoms with Crippen LogP contribution in [-0.4, -0.2) is 28.1 Å². The molecule has 1 aromatic heterocycles. The molecule has 0 aromatic carbocycles.